The minimum atomic E-state index is -0.840. The third-order valence-corrected chi connectivity index (χ3v) is 0.784. The lowest BCUT2D eigenvalue weighted by Gasteiger charge is -1.90. The smallest absolute Gasteiger partial charge is 0.145 e. The van der Waals surface area contributed by atoms with Crippen molar-refractivity contribution in [3.63, 3.8) is 0 Å². The van der Waals surface area contributed by atoms with Gasteiger partial charge in [-0.25, -0.2) is 8.78 Å². The van der Waals surface area contributed by atoms with E-state index in [9.17, 15) is 8.78 Å². The first kappa shape index (κ1) is 7.56. The molecule has 0 unspecified atom stereocenters. The highest BCUT2D eigenvalue weighted by Gasteiger charge is 1.98. The van der Waals surface area contributed by atoms with Crippen LogP contribution in [0.3, 0.4) is 0 Å². The first-order valence-corrected chi connectivity index (χ1v) is 2.45. The van der Waals surface area contributed by atoms with Gasteiger partial charge in [0, 0.05) is 6.54 Å². The van der Waals surface area contributed by atoms with Crippen LogP contribution in [0.2, 0.25) is 0 Å². The van der Waals surface area contributed by atoms with Gasteiger partial charge in [0.15, 0.2) is 0 Å². The molecule has 0 heterocycles. The summed E-state index contributed by atoms with van der Waals surface area (Å²) in [5.41, 5.74) is 4.78. The zero-order chi connectivity index (χ0) is 6.57. The number of allylic oxidation sites excluding steroid dienone is 1. The first-order chi connectivity index (χ1) is 3.72. The minimum Gasteiger partial charge on any atom is -0.324 e. The lowest BCUT2D eigenvalue weighted by atomic mass is 10.3. The lowest BCUT2D eigenvalue weighted by Crippen LogP contribution is -2.00. The lowest BCUT2D eigenvalue weighted by molar-refractivity contribution is 0.508. The average Bonchev–Trinajstić information content (AvgIpc) is 1.84. The van der Waals surface area contributed by atoms with Crippen LogP contribution in [0.5, 0.6) is 0 Å². The van der Waals surface area contributed by atoms with Crippen molar-refractivity contribution in [3.8, 4) is 0 Å². The fourth-order valence-electron chi connectivity index (χ4n) is 0.303. The Kier molecular flexibility index (Phi) is 3.35. The third kappa shape index (κ3) is 2.02. The second-order valence-corrected chi connectivity index (χ2v) is 1.37. The molecule has 0 aromatic heterocycles. The number of hydrogen-bond acceptors (Lipinski definition) is 1. The highest BCUT2D eigenvalue weighted by molar-refractivity contribution is 4.99. The van der Waals surface area contributed by atoms with Crippen LogP contribution in [0.15, 0.2) is 11.7 Å². The Morgan fingerprint density at radius 3 is 2.00 bits per heavy atom. The van der Waals surface area contributed by atoms with Crippen molar-refractivity contribution in [2.24, 2.45) is 5.73 Å². The molecular formula is C5H9F2N. The van der Waals surface area contributed by atoms with E-state index in [1.165, 1.54) is 6.92 Å². The summed E-state index contributed by atoms with van der Waals surface area (Å²) in [6, 6.07) is 0. The highest BCUT2D eigenvalue weighted by Crippen LogP contribution is 2.08. The molecule has 0 fully saturated rings. The normalized spacial score (nSPS) is 13.5. The Bertz CT molecular complexity index is 86.6. The van der Waals surface area contributed by atoms with Crippen molar-refractivity contribution in [1.29, 1.82) is 0 Å². The van der Waals surface area contributed by atoms with Crippen LogP contribution in [-0.4, -0.2) is 6.54 Å². The Morgan fingerprint density at radius 2 is 1.88 bits per heavy atom. The predicted molar refractivity (Wildman–Crippen MR) is 28.6 cm³/mol. The second-order valence-electron chi connectivity index (χ2n) is 1.37. The van der Waals surface area contributed by atoms with Crippen molar-refractivity contribution in [1.82, 2.24) is 0 Å². The van der Waals surface area contributed by atoms with Gasteiger partial charge in [-0.05, 0) is 6.42 Å². The van der Waals surface area contributed by atoms with Gasteiger partial charge in [0.25, 0.3) is 0 Å². The van der Waals surface area contributed by atoms with Gasteiger partial charge in [0.1, 0.15) is 11.7 Å². The van der Waals surface area contributed by atoms with Gasteiger partial charge in [0.2, 0.25) is 0 Å². The fourth-order valence-corrected chi connectivity index (χ4v) is 0.303. The topological polar surface area (TPSA) is 26.0 Å². The quantitative estimate of drug-likeness (QED) is 0.588. The van der Waals surface area contributed by atoms with Gasteiger partial charge >= 0.3 is 0 Å². The summed E-state index contributed by atoms with van der Waals surface area (Å²) in [4.78, 5) is 0. The van der Waals surface area contributed by atoms with Gasteiger partial charge < -0.3 is 5.73 Å². The SMILES string of the molecule is CC/C(F)=C(\F)CN. The van der Waals surface area contributed by atoms with E-state index in [0.29, 0.717) is 0 Å². The van der Waals surface area contributed by atoms with E-state index in [4.69, 9.17) is 5.73 Å². The van der Waals surface area contributed by atoms with E-state index in [1.54, 1.807) is 0 Å². The Balaban J connectivity index is 3.83. The average molecular weight is 121 g/mol. The van der Waals surface area contributed by atoms with E-state index in [1.807, 2.05) is 0 Å². The van der Waals surface area contributed by atoms with Crippen LogP contribution < -0.4 is 5.73 Å². The van der Waals surface area contributed by atoms with Gasteiger partial charge in [0.05, 0.1) is 0 Å². The predicted octanol–water partition coefficient (Wildman–Crippen LogP) is 1.51. The van der Waals surface area contributed by atoms with Crippen LogP contribution in [0.1, 0.15) is 13.3 Å². The molecule has 0 aliphatic rings. The monoisotopic (exact) mass is 121 g/mol. The largest absolute Gasteiger partial charge is 0.324 e. The molecule has 0 amide bonds. The highest BCUT2D eigenvalue weighted by atomic mass is 19.2. The van der Waals surface area contributed by atoms with E-state index in [2.05, 4.69) is 0 Å². The summed E-state index contributed by atoms with van der Waals surface area (Å²) < 4.78 is 23.9. The molecule has 0 aliphatic carbocycles. The van der Waals surface area contributed by atoms with Crippen molar-refractivity contribution in [2.75, 3.05) is 6.54 Å². The maximum atomic E-state index is 12.0. The summed E-state index contributed by atoms with van der Waals surface area (Å²) in [5, 5.41) is 0. The standard InChI is InChI=1S/C5H9F2N/c1-2-4(6)5(7)3-8/h2-3,8H2,1H3/b5-4+. The summed E-state index contributed by atoms with van der Waals surface area (Å²) in [7, 11) is 0. The summed E-state index contributed by atoms with van der Waals surface area (Å²) >= 11 is 0. The summed E-state index contributed by atoms with van der Waals surface area (Å²) in [6.07, 6.45) is 0.0863. The molecule has 0 saturated heterocycles. The maximum Gasteiger partial charge on any atom is 0.145 e. The molecule has 0 aliphatic heterocycles. The Labute approximate surface area is 47.2 Å². The van der Waals surface area contributed by atoms with Gasteiger partial charge in [-0.1, -0.05) is 6.92 Å². The zero-order valence-electron chi connectivity index (χ0n) is 4.75. The second kappa shape index (κ2) is 3.55. The number of hydrogen-bond donors (Lipinski definition) is 1. The molecule has 3 heteroatoms. The van der Waals surface area contributed by atoms with Crippen molar-refractivity contribution in [3.05, 3.63) is 11.7 Å². The first-order valence-electron chi connectivity index (χ1n) is 2.45. The van der Waals surface area contributed by atoms with Gasteiger partial charge in [-0.15, -0.1) is 0 Å². The number of rotatable bonds is 2. The number of nitrogens with two attached hydrogens (primary N) is 1. The fraction of sp³-hybridized carbons (Fsp3) is 0.600. The molecular weight excluding hydrogens is 112 g/mol. The number of halogens is 2. The molecule has 0 saturated carbocycles. The third-order valence-electron chi connectivity index (χ3n) is 0.784. The molecule has 1 nitrogen and oxygen atoms in total. The van der Waals surface area contributed by atoms with Gasteiger partial charge in [-0.3, -0.25) is 0 Å². The van der Waals surface area contributed by atoms with E-state index in [-0.39, 0.29) is 13.0 Å². The van der Waals surface area contributed by atoms with Crippen LogP contribution in [0.4, 0.5) is 8.78 Å². The van der Waals surface area contributed by atoms with Crippen molar-refractivity contribution >= 4 is 0 Å². The molecule has 0 rings (SSSR count). The molecule has 0 aromatic rings. The van der Waals surface area contributed by atoms with Crippen molar-refractivity contribution < 1.29 is 8.78 Å². The van der Waals surface area contributed by atoms with Crippen LogP contribution in [0, 0.1) is 0 Å². The molecule has 0 spiro atoms. The maximum absolute atomic E-state index is 12.0. The Morgan fingerprint density at radius 1 is 1.38 bits per heavy atom. The zero-order valence-corrected chi connectivity index (χ0v) is 4.75. The van der Waals surface area contributed by atoms with Crippen LogP contribution in [0.25, 0.3) is 0 Å². The van der Waals surface area contributed by atoms with Gasteiger partial charge in [-0.2, -0.15) is 0 Å². The minimum absolute atomic E-state index is 0.0863. The van der Waals surface area contributed by atoms with Crippen LogP contribution in [-0.2, 0) is 0 Å². The van der Waals surface area contributed by atoms with E-state index >= 15 is 0 Å². The molecule has 48 valence electrons. The molecule has 8 heavy (non-hydrogen) atoms. The Hall–Kier alpha value is -0.440. The molecule has 0 atom stereocenters. The van der Waals surface area contributed by atoms with E-state index < -0.39 is 11.7 Å². The summed E-state index contributed by atoms with van der Waals surface area (Å²) in [5.74, 6) is -1.58. The van der Waals surface area contributed by atoms with Crippen molar-refractivity contribution in [2.45, 2.75) is 13.3 Å². The molecule has 2 N–H and O–H groups in total. The summed E-state index contributed by atoms with van der Waals surface area (Å²) in [6.45, 7) is 1.20. The molecule has 0 radical (unpaired) electrons. The molecule has 0 bridgehead atoms. The molecule has 0 aromatic carbocycles. The van der Waals surface area contributed by atoms with Crippen LogP contribution >= 0.6 is 0 Å². The van der Waals surface area contributed by atoms with E-state index in [0.717, 1.165) is 0 Å².